The summed E-state index contributed by atoms with van der Waals surface area (Å²) in [6.07, 6.45) is 0.925. The van der Waals surface area contributed by atoms with Crippen LogP contribution in [0.4, 0.5) is 0 Å². The number of hydrogen-bond donors (Lipinski definition) is 2. The molecule has 1 rings (SSSR count). The average Bonchev–Trinajstić information content (AvgIpc) is 2.55. The van der Waals surface area contributed by atoms with Crippen LogP contribution in [0.5, 0.6) is 0 Å². The molecule has 0 aromatic carbocycles. The molecule has 0 spiro atoms. The molecule has 1 amide bonds. The first-order valence-corrected chi connectivity index (χ1v) is 4.32. The third kappa shape index (κ3) is 2.19. The van der Waals surface area contributed by atoms with Crippen molar-refractivity contribution in [3.63, 3.8) is 0 Å². The Bertz CT molecular complexity index is 155. The second kappa shape index (κ2) is 4.42. The predicted octanol–water partition coefficient (Wildman–Crippen LogP) is -0.953. The summed E-state index contributed by atoms with van der Waals surface area (Å²) in [5.74, 6) is 0.274. The van der Waals surface area contributed by atoms with Crippen LogP contribution in [0.15, 0.2) is 0 Å². The first-order chi connectivity index (χ1) is 5.75. The average molecular weight is 172 g/mol. The van der Waals surface area contributed by atoms with Crippen molar-refractivity contribution in [3.8, 4) is 0 Å². The quantitative estimate of drug-likeness (QED) is 0.577. The van der Waals surface area contributed by atoms with Crippen molar-refractivity contribution in [2.24, 2.45) is 5.92 Å². The van der Waals surface area contributed by atoms with E-state index in [-0.39, 0.29) is 18.4 Å². The van der Waals surface area contributed by atoms with Gasteiger partial charge >= 0.3 is 0 Å². The summed E-state index contributed by atoms with van der Waals surface area (Å²) in [6, 6.07) is 0. The number of likely N-dealkylation sites (N-methyl/N-ethyl adjacent to an activating group) is 1. The Kier molecular flexibility index (Phi) is 3.49. The maximum atomic E-state index is 11.5. The number of carbonyl (C=O) groups excluding carboxylic acids is 1. The van der Waals surface area contributed by atoms with Crippen LogP contribution >= 0.6 is 0 Å². The van der Waals surface area contributed by atoms with Crippen molar-refractivity contribution in [3.05, 3.63) is 0 Å². The molecule has 0 aliphatic carbocycles. The highest BCUT2D eigenvalue weighted by Crippen LogP contribution is 2.09. The van der Waals surface area contributed by atoms with Gasteiger partial charge in [0.15, 0.2) is 0 Å². The minimum absolute atomic E-state index is 0.0440. The van der Waals surface area contributed by atoms with E-state index in [1.54, 1.807) is 11.9 Å². The normalized spacial score (nSPS) is 22.7. The second-order valence-corrected chi connectivity index (χ2v) is 3.17. The number of carbonyl (C=O) groups is 1. The van der Waals surface area contributed by atoms with E-state index >= 15 is 0 Å². The van der Waals surface area contributed by atoms with Crippen LogP contribution in [0.2, 0.25) is 0 Å². The number of nitrogens with one attached hydrogen (secondary N) is 1. The Balaban J connectivity index is 2.34. The van der Waals surface area contributed by atoms with E-state index in [1.165, 1.54) is 0 Å². The van der Waals surface area contributed by atoms with E-state index in [2.05, 4.69) is 5.32 Å². The monoisotopic (exact) mass is 172 g/mol. The van der Waals surface area contributed by atoms with Crippen molar-refractivity contribution in [2.75, 3.05) is 33.3 Å². The van der Waals surface area contributed by atoms with Crippen molar-refractivity contribution in [1.29, 1.82) is 0 Å². The van der Waals surface area contributed by atoms with E-state index in [9.17, 15) is 4.79 Å². The van der Waals surface area contributed by atoms with Gasteiger partial charge in [-0.2, -0.15) is 0 Å². The second-order valence-electron chi connectivity index (χ2n) is 3.17. The first-order valence-electron chi connectivity index (χ1n) is 4.32. The van der Waals surface area contributed by atoms with Gasteiger partial charge in [-0.1, -0.05) is 0 Å². The molecule has 1 aliphatic heterocycles. The lowest BCUT2D eigenvalue weighted by molar-refractivity contribution is -0.134. The van der Waals surface area contributed by atoms with E-state index in [0.717, 1.165) is 19.5 Å². The molecule has 4 heteroatoms. The summed E-state index contributed by atoms with van der Waals surface area (Å²) >= 11 is 0. The maximum absolute atomic E-state index is 11.5. The lowest BCUT2D eigenvalue weighted by Gasteiger charge is -2.19. The van der Waals surface area contributed by atoms with Crippen LogP contribution in [-0.2, 0) is 4.79 Å². The highest BCUT2D eigenvalue weighted by molar-refractivity contribution is 5.79. The molecule has 4 nitrogen and oxygen atoms in total. The highest BCUT2D eigenvalue weighted by Gasteiger charge is 2.24. The molecule has 2 N–H and O–H groups in total. The summed E-state index contributed by atoms with van der Waals surface area (Å²) in [6.45, 7) is 2.20. The van der Waals surface area contributed by atoms with Gasteiger partial charge < -0.3 is 15.3 Å². The van der Waals surface area contributed by atoms with Crippen molar-refractivity contribution >= 4 is 5.91 Å². The fourth-order valence-corrected chi connectivity index (χ4v) is 1.44. The Hall–Kier alpha value is -0.610. The molecule has 0 bridgehead atoms. The predicted molar refractivity (Wildman–Crippen MR) is 45.7 cm³/mol. The number of nitrogens with zero attached hydrogens (tertiary/aromatic N) is 1. The molecule has 70 valence electrons. The molecule has 0 unspecified atom stereocenters. The lowest BCUT2D eigenvalue weighted by Crippen LogP contribution is -2.35. The number of hydrogen-bond acceptors (Lipinski definition) is 3. The molecular weight excluding hydrogens is 156 g/mol. The van der Waals surface area contributed by atoms with E-state index in [4.69, 9.17) is 5.11 Å². The Morgan fingerprint density at radius 2 is 2.50 bits per heavy atom. The van der Waals surface area contributed by atoms with Gasteiger partial charge in [0.1, 0.15) is 0 Å². The Morgan fingerprint density at radius 3 is 3.00 bits per heavy atom. The molecule has 1 heterocycles. The molecule has 0 saturated carbocycles. The minimum atomic E-state index is 0.0440. The summed E-state index contributed by atoms with van der Waals surface area (Å²) in [4.78, 5) is 13.1. The van der Waals surface area contributed by atoms with Crippen LogP contribution in [-0.4, -0.2) is 49.2 Å². The first kappa shape index (κ1) is 9.48. The smallest absolute Gasteiger partial charge is 0.226 e. The van der Waals surface area contributed by atoms with Gasteiger partial charge in [0, 0.05) is 20.1 Å². The highest BCUT2D eigenvalue weighted by atomic mass is 16.3. The molecule has 12 heavy (non-hydrogen) atoms. The molecule has 1 fully saturated rings. The minimum Gasteiger partial charge on any atom is -0.395 e. The number of aliphatic hydroxyl groups excluding tert-OH is 1. The molecule has 1 atom stereocenters. The number of rotatable bonds is 3. The Morgan fingerprint density at radius 1 is 1.75 bits per heavy atom. The molecule has 0 aromatic heterocycles. The summed E-state index contributed by atoms with van der Waals surface area (Å²) < 4.78 is 0. The van der Waals surface area contributed by atoms with Crippen molar-refractivity contribution < 1.29 is 9.90 Å². The summed E-state index contributed by atoms with van der Waals surface area (Å²) in [5.41, 5.74) is 0. The molecule has 1 saturated heterocycles. The van der Waals surface area contributed by atoms with Crippen LogP contribution in [0, 0.1) is 5.92 Å². The largest absolute Gasteiger partial charge is 0.395 e. The third-order valence-corrected chi connectivity index (χ3v) is 2.22. The van der Waals surface area contributed by atoms with Gasteiger partial charge in [0.05, 0.1) is 12.5 Å². The zero-order valence-electron chi connectivity index (χ0n) is 7.42. The fourth-order valence-electron chi connectivity index (χ4n) is 1.44. The van der Waals surface area contributed by atoms with Crippen LogP contribution < -0.4 is 5.32 Å². The Labute approximate surface area is 72.6 Å². The fraction of sp³-hybridized carbons (Fsp3) is 0.875. The van der Waals surface area contributed by atoms with E-state index in [0.29, 0.717) is 6.54 Å². The SMILES string of the molecule is CN(CCO)C(=O)[C@H]1CCNC1. The van der Waals surface area contributed by atoms with Crippen LogP contribution in [0.3, 0.4) is 0 Å². The van der Waals surface area contributed by atoms with Gasteiger partial charge in [0.2, 0.25) is 5.91 Å². The topological polar surface area (TPSA) is 52.6 Å². The standard InChI is InChI=1S/C8H16N2O2/c1-10(4-5-11)8(12)7-2-3-9-6-7/h7,9,11H,2-6H2,1H3/t7-/m0/s1. The van der Waals surface area contributed by atoms with Gasteiger partial charge in [0.25, 0.3) is 0 Å². The van der Waals surface area contributed by atoms with E-state index in [1.807, 2.05) is 0 Å². The maximum Gasteiger partial charge on any atom is 0.226 e. The third-order valence-electron chi connectivity index (χ3n) is 2.22. The molecule has 0 aromatic rings. The van der Waals surface area contributed by atoms with E-state index < -0.39 is 0 Å². The van der Waals surface area contributed by atoms with Crippen molar-refractivity contribution in [1.82, 2.24) is 10.2 Å². The lowest BCUT2D eigenvalue weighted by atomic mass is 10.1. The zero-order valence-corrected chi connectivity index (χ0v) is 7.42. The molecular formula is C8H16N2O2. The van der Waals surface area contributed by atoms with Crippen molar-refractivity contribution in [2.45, 2.75) is 6.42 Å². The van der Waals surface area contributed by atoms with Crippen LogP contribution in [0.25, 0.3) is 0 Å². The molecule has 1 aliphatic rings. The summed E-state index contributed by atoms with van der Waals surface area (Å²) in [5, 5.41) is 11.8. The van der Waals surface area contributed by atoms with Gasteiger partial charge in [-0.25, -0.2) is 0 Å². The van der Waals surface area contributed by atoms with Gasteiger partial charge in [-0.3, -0.25) is 4.79 Å². The number of aliphatic hydroxyl groups is 1. The van der Waals surface area contributed by atoms with Gasteiger partial charge in [-0.15, -0.1) is 0 Å². The zero-order chi connectivity index (χ0) is 8.97. The molecule has 0 radical (unpaired) electrons. The van der Waals surface area contributed by atoms with Gasteiger partial charge in [-0.05, 0) is 13.0 Å². The van der Waals surface area contributed by atoms with Crippen LogP contribution in [0.1, 0.15) is 6.42 Å². The number of amides is 1. The summed E-state index contributed by atoms with van der Waals surface area (Å²) in [7, 11) is 1.73.